The summed E-state index contributed by atoms with van der Waals surface area (Å²) >= 11 is 2.85. The van der Waals surface area contributed by atoms with Crippen molar-refractivity contribution in [1.29, 1.82) is 0 Å². The van der Waals surface area contributed by atoms with Gasteiger partial charge in [0.25, 0.3) is 17.1 Å². The number of hydrogen-bond donors (Lipinski definition) is 1. The number of anilines is 1. The van der Waals surface area contributed by atoms with E-state index < -0.39 is 11.1 Å². The molecule has 4 amide bonds. The summed E-state index contributed by atoms with van der Waals surface area (Å²) in [6.45, 7) is 3.39. The lowest BCUT2D eigenvalue weighted by atomic mass is 10.2. The Morgan fingerprint density at radius 3 is 2.58 bits per heavy atom. The van der Waals surface area contributed by atoms with Gasteiger partial charge < -0.3 is 24.4 Å². The molecule has 2 aliphatic rings. The van der Waals surface area contributed by atoms with Crippen LogP contribution in [0.2, 0.25) is 0 Å². The summed E-state index contributed by atoms with van der Waals surface area (Å²) in [6.07, 6.45) is 1.58. The molecule has 2 fully saturated rings. The molecule has 0 aromatic heterocycles. The molecule has 0 radical (unpaired) electrons. The second-order valence-electron chi connectivity index (χ2n) is 8.23. The number of ether oxygens (including phenoxy) is 3. The highest BCUT2D eigenvalue weighted by atomic mass is 127. The Kier molecular flexibility index (Phi) is 9.63. The van der Waals surface area contributed by atoms with E-state index in [1.54, 1.807) is 35.2 Å². The molecule has 38 heavy (non-hydrogen) atoms. The van der Waals surface area contributed by atoms with Crippen LogP contribution in [-0.2, 0) is 19.1 Å². The van der Waals surface area contributed by atoms with Crippen LogP contribution in [0.25, 0.3) is 6.08 Å². The van der Waals surface area contributed by atoms with Gasteiger partial charge in [0.15, 0.2) is 18.1 Å². The molecule has 0 aliphatic carbocycles. The number of rotatable bonds is 9. The van der Waals surface area contributed by atoms with E-state index in [1.807, 2.05) is 25.1 Å². The second kappa shape index (κ2) is 13.1. The third-order valence-corrected chi connectivity index (χ3v) is 7.27. The normalized spacial score (nSPS) is 16.6. The molecule has 12 heteroatoms. The van der Waals surface area contributed by atoms with Crippen molar-refractivity contribution in [3.8, 4) is 11.5 Å². The SMILES string of the molecule is CCOc1cc(/C=C2/SC(=O)N(CC(=O)N3CCOCC3)C2=O)cc(I)c1OCC(=O)Nc1ccccc1. The summed E-state index contributed by atoms with van der Waals surface area (Å²) in [4.78, 5) is 53.1. The Morgan fingerprint density at radius 1 is 1.13 bits per heavy atom. The van der Waals surface area contributed by atoms with Gasteiger partial charge in [0, 0.05) is 18.8 Å². The van der Waals surface area contributed by atoms with Crippen LogP contribution in [-0.4, -0.2) is 78.8 Å². The number of morpholine rings is 1. The number of nitrogens with zero attached hydrogens (tertiary/aromatic N) is 2. The van der Waals surface area contributed by atoms with Crippen molar-refractivity contribution in [2.45, 2.75) is 6.92 Å². The number of hydrogen-bond acceptors (Lipinski definition) is 8. The van der Waals surface area contributed by atoms with E-state index in [9.17, 15) is 19.2 Å². The minimum atomic E-state index is -0.521. The molecule has 0 unspecified atom stereocenters. The predicted octanol–water partition coefficient (Wildman–Crippen LogP) is 3.60. The van der Waals surface area contributed by atoms with Crippen LogP contribution in [0.15, 0.2) is 47.4 Å². The Hall–Kier alpha value is -3.10. The first-order chi connectivity index (χ1) is 18.4. The van der Waals surface area contributed by atoms with Crippen molar-refractivity contribution in [2.75, 3.05) is 51.4 Å². The van der Waals surface area contributed by atoms with Crippen LogP contribution in [0.5, 0.6) is 11.5 Å². The number of carbonyl (C=O) groups excluding carboxylic acids is 4. The van der Waals surface area contributed by atoms with Crippen LogP contribution >= 0.6 is 34.4 Å². The smallest absolute Gasteiger partial charge is 0.294 e. The van der Waals surface area contributed by atoms with Gasteiger partial charge in [0.2, 0.25) is 5.91 Å². The fraction of sp³-hybridized carbons (Fsp3) is 0.308. The maximum atomic E-state index is 12.9. The standard InChI is InChI=1S/C26H26IN3O7S/c1-2-36-20-13-17(12-19(27)24(20)37-16-22(31)28-18-6-4-3-5-7-18)14-21-25(33)30(26(34)38-21)15-23(32)29-8-10-35-11-9-29/h3-7,12-14H,2,8-11,15-16H2,1H3,(H,28,31)/b21-14+. The molecule has 1 N–H and O–H groups in total. The molecule has 0 spiro atoms. The average Bonchev–Trinajstić information content (AvgIpc) is 3.16. The molecule has 200 valence electrons. The van der Waals surface area contributed by atoms with Crippen molar-refractivity contribution in [2.24, 2.45) is 0 Å². The van der Waals surface area contributed by atoms with Crippen LogP contribution in [0.4, 0.5) is 10.5 Å². The van der Waals surface area contributed by atoms with Gasteiger partial charge in [-0.3, -0.25) is 24.1 Å². The quantitative estimate of drug-likeness (QED) is 0.324. The molecule has 0 saturated carbocycles. The largest absolute Gasteiger partial charge is 0.490 e. The first-order valence-corrected chi connectivity index (χ1v) is 13.8. The van der Waals surface area contributed by atoms with E-state index in [-0.39, 0.29) is 29.9 Å². The minimum Gasteiger partial charge on any atom is -0.490 e. The van der Waals surface area contributed by atoms with Gasteiger partial charge >= 0.3 is 0 Å². The van der Waals surface area contributed by atoms with E-state index in [0.29, 0.717) is 59.2 Å². The van der Waals surface area contributed by atoms with Crippen LogP contribution in [0.3, 0.4) is 0 Å². The van der Waals surface area contributed by atoms with Crippen molar-refractivity contribution in [3.05, 3.63) is 56.5 Å². The Balaban J connectivity index is 1.45. The highest BCUT2D eigenvalue weighted by molar-refractivity contribution is 14.1. The van der Waals surface area contributed by atoms with Crippen molar-refractivity contribution < 1.29 is 33.4 Å². The molecule has 2 saturated heterocycles. The van der Waals surface area contributed by atoms with Gasteiger partial charge in [-0.25, -0.2) is 0 Å². The number of thioether (sulfide) groups is 1. The zero-order valence-electron chi connectivity index (χ0n) is 20.6. The van der Waals surface area contributed by atoms with E-state index in [0.717, 1.165) is 16.7 Å². The topological polar surface area (TPSA) is 114 Å². The van der Waals surface area contributed by atoms with Crippen LogP contribution < -0.4 is 14.8 Å². The van der Waals surface area contributed by atoms with E-state index in [2.05, 4.69) is 27.9 Å². The summed E-state index contributed by atoms with van der Waals surface area (Å²) in [5.41, 5.74) is 1.28. The van der Waals surface area contributed by atoms with E-state index >= 15 is 0 Å². The molecule has 2 heterocycles. The molecule has 0 atom stereocenters. The summed E-state index contributed by atoms with van der Waals surface area (Å²) < 4.78 is 17.4. The molecular weight excluding hydrogens is 625 g/mol. The first-order valence-electron chi connectivity index (χ1n) is 11.9. The highest BCUT2D eigenvalue weighted by Gasteiger charge is 2.37. The van der Waals surface area contributed by atoms with E-state index in [4.69, 9.17) is 14.2 Å². The minimum absolute atomic E-state index is 0.207. The zero-order valence-corrected chi connectivity index (χ0v) is 23.6. The number of para-hydroxylation sites is 1. The number of carbonyl (C=O) groups is 4. The van der Waals surface area contributed by atoms with Crippen molar-refractivity contribution >= 4 is 69.1 Å². The molecule has 4 rings (SSSR count). The molecule has 0 bridgehead atoms. The summed E-state index contributed by atoms with van der Waals surface area (Å²) in [7, 11) is 0. The lowest BCUT2D eigenvalue weighted by molar-refractivity contribution is -0.139. The molecule has 2 aromatic carbocycles. The third kappa shape index (κ3) is 7.05. The lowest BCUT2D eigenvalue weighted by Gasteiger charge is -2.28. The number of benzene rings is 2. The Labute approximate surface area is 237 Å². The number of amides is 4. The number of nitrogens with one attached hydrogen (secondary N) is 1. The van der Waals surface area contributed by atoms with Crippen LogP contribution in [0.1, 0.15) is 12.5 Å². The van der Waals surface area contributed by atoms with E-state index in [1.165, 1.54) is 0 Å². The predicted molar refractivity (Wildman–Crippen MR) is 151 cm³/mol. The second-order valence-corrected chi connectivity index (χ2v) is 10.4. The van der Waals surface area contributed by atoms with Gasteiger partial charge in [-0.2, -0.15) is 0 Å². The van der Waals surface area contributed by atoms with Gasteiger partial charge in [0.05, 0.1) is 28.3 Å². The highest BCUT2D eigenvalue weighted by Crippen LogP contribution is 2.37. The summed E-state index contributed by atoms with van der Waals surface area (Å²) in [5, 5.41) is 2.27. The fourth-order valence-electron chi connectivity index (χ4n) is 3.77. The molecule has 2 aliphatic heterocycles. The summed E-state index contributed by atoms with van der Waals surface area (Å²) in [6, 6.07) is 12.5. The lowest BCUT2D eigenvalue weighted by Crippen LogP contribution is -2.46. The first kappa shape index (κ1) is 27.9. The maximum absolute atomic E-state index is 12.9. The monoisotopic (exact) mass is 651 g/mol. The van der Waals surface area contributed by atoms with Crippen LogP contribution in [0, 0.1) is 3.57 Å². The fourth-order valence-corrected chi connectivity index (χ4v) is 5.39. The average molecular weight is 651 g/mol. The van der Waals surface area contributed by atoms with Gasteiger partial charge in [-0.1, -0.05) is 18.2 Å². The Morgan fingerprint density at radius 2 is 1.87 bits per heavy atom. The third-order valence-electron chi connectivity index (χ3n) is 5.57. The van der Waals surface area contributed by atoms with Crippen molar-refractivity contribution in [3.63, 3.8) is 0 Å². The van der Waals surface area contributed by atoms with Gasteiger partial charge in [-0.05, 0) is 77.2 Å². The summed E-state index contributed by atoms with van der Waals surface area (Å²) in [5.74, 6) is -0.328. The van der Waals surface area contributed by atoms with Crippen molar-refractivity contribution in [1.82, 2.24) is 9.80 Å². The molecule has 10 nitrogen and oxygen atoms in total. The van der Waals surface area contributed by atoms with Gasteiger partial charge in [-0.15, -0.1) is 0 Å². The number of imide groups is 1. The Bertz CT molecular complexity index is 1250. The maximum Gasteiger partial charge on any atom is 0.294 e. The zero-order chi connectivity index (χ0) is 27.1. The van der Waals surface area contributed by atoms with Gasteiger partial charge in [0.1, 0.15) is 6.54 Å². The number of halogens is 1. The molecular formula is C26H26IN3O7S. The molecule has 2 aromatic rings.